The molecule has 1 rings (SSSR count). The number of esters is 1. The predicted molar refractivity (Wildman–Crippen MR) is 80.8 cm³/mol. The van der Waals surface area contributed by atoms with Crippen molar-refractivity contribution in [1.82, 2.24) is 10.0 Å². The Morgan fingerprint density at radius 1 is 1.38 bits per heavy atom. The summed E-state index contributed by atoms with van der Waals surface area (Å²) < 4.78 is 31.8. The third-order valence-corrected chi connectivity index (χ3v) is 4.60. The molecule has 0 amide bonds. The number of carbonyl (C=O) groups excluding carboxylic acids is 1. The average molecular weight is 314 g/mol. The fraction of sp³-hybridized carbons (Fsp3) is 0.500. The monoisotopic (exact) mass is 314 g/mol. The lowest BCUT2D eigenvalue weighted by Gasteiger charge is -2.15. The van der Waals surface area contributed by atoms with Crippen LogP contribution >= 0.6 is 0 Å². The number of aryl methyl sites for hydroxylation is 1. The molecule has 0 aromatic heterocycles. The molecule has 0 fully saturated rings. The summed E-state index contributed by atoms with van der Waals surface area (Å²) in [7, 11) is -2.41. The summed E-state index contributed by atoms with van der Waals surface area (Å²) in [6.45, 7) is 6.57. The molecule has 0 aliphatic rings. The average Bonchev–Trinajstić information content (AvgIpc) is 2.45. The van der Waals surface area contributed by atoms with Gasteiger partial charge in [0.25, 0.3) is 0 Å². The van der Waals surface area contributed by atoms with E-state index in [9.17, 15) is 13.2 Å². The molecule has 0 unspecified atom stereocenters. The van der Waals surface area contributed by atoms with Crippen molar-refractivity contribution in [3.63, 3.8) is 0 Å². The van der Waals surface area contributed by atoms with Crippen molar-refractivity contribution in [2.24, 2.45) is 0 Å². The lowest BCUT2D eigenvalue weighted by atomic mass is 10.1. The first-order valence-corrected chi connectivity index (χ1v) is 8.22. The van der Waals surface area contributed by atoms with E-state index in [1.807, 2.05) is 13.8 Å². The van der Waals surface area contributed by atoms with Crippen LogP contribution in [0.2, 0.25) is 0 Å². The summed E-state index contributed by atoms with van der Waals surface area (Å²) in [5, 5.41) is 3.12. The van der Waals surface area contributed by atoms with Crippen molar-refractivity contribution in [2.75, 3.05) is 20.2 Å². The third kappa shape index (κ3) is 4.80. The molecule has 1 aromatic carbocycles. The summed E-state index contributed by atoms with van der Waals surface area (Å²) in [6, 6.07) is 4.49. The smallest absolute Gasteiger partial charge is 0.337 e. The fourth-order valence-electron chi connectivity index (χ4n) is 1.87. The maximum absolute atomic E-state index is 12.3. The van der Waals surface area contributed by atoms with Gasteiger partial charge in [0.15, 0.2) is 0 Å². The van der Waals surface area contributed by atoms with Crippen LogP contribution in [0.1, 0.15) is 29.8 Å². The normalized spacial score (nSPS) is 13.0. The molecular formula is C14H22N2O4S. The number of ether oxygens (including phenoxy) is 1. The highest BCUT2D eigenvalue weighted by molar-refractivity contribution is 7.89. The molecule has 0 aliphatic heterocycles. The molecule has 1 aromatic rings. The van der Waals surface area contributed by atoms with Crippen molar-refractivity contribution in [2.45, 2.75) is 31.7 Å². The summed E-state index contributed by atoms with van der Waals surface area (Å²) in [5.74, 6) is -0.563. The van der Waals surface area contributed by atoms with Gasteiger partial charge in [-0.1, -0.05) is 13.0 Å². The Balaban J connectivity index is 2.99. The van der Waals surface area contributed by atoms with Crippen LogP contribution in [0.4, 0.5) is 0 Å². The molecular weight excluding hydrogens is 292 g/mol. The predicted octanol–water partition coefficient (Wildman–Crippen LogP) is 1.06. The molecule has 0 bridgehead atoms. The summed E-state index contributed by atoms with van der Waals surface area (Å²) >= 11 is 0. The number of carbonyl (C=O) groups is 1. The zero-order chi connectivity index (χ0) is 16.0. The highest BCUT2D eigenvalue weighted by Crippen LogP contribution is 2.17. The van der Waals surface area contributed by atoms with Crippen LogP contribution in [-0.4, -0.2) is 40.6 Å². The first kappa shape index (κ1) is 17.6. The molecule has 2 N–H and O–H groups in total. The molecule has 0 heterocycles. The number of methoxy groups -OCH3 is 1. The Morgan fingerprint density at radius 2 is 2.05 bits per heavy atom. The van der Waals surface area contributed by atoms with E-state index < -0.39 is 16.0 Å². The Bertz CT molecular complexity index is 599. The Morgan fingerprint density at radius 3 is 2.62 bits per heavy atom. The molecule has 0 spiro atoms. The minimum Gasteiger partial charge on any atom is -0.465 e. The second-order valence-electron chi connectivity index (χ2n) is 4.78. The summed E-state index contributed by atoms with van der Waals surface area (Å²) in [6.07, 6.45) is 0. The van der Waals surface area contributed by atoms with Gasteiger partial charge in [0.2, 0.25) is 10.0 Å². The molecule has 7 heteroatoms. The van der Waals surface area contributed by atoms with Crippen molar-refractivity contribution in [3.8, 4) is 0 Å². The van der Waals surface area contributed by atoms with Gasteiger partial charge in [-0.3, -0.25) is 0 Å². The van der Waals surface area contributed by atoms with E-state index in [0.717, 1.165) is 6.54 Å². The highest BCUT2D eigenvalue weighted by Gasteiger charge is 2.19. The SMILES string of the molecule is CCN[C@H](C)CNS(=O)(=O)c1cc(C(=O)OC)ccc1C. The van der Waals surface area contributed by atoms with Gasteiger partial charge in [0, 0.05) is 12.6 Å². The van der Waals surface area contributed by atoms with Gasteiger partial charge in [-0.25, -0.2) is 17.9 Å². The standard InChI is InChI=1S/C14H22N2O4S/c1-5-15-11(3)9-16-21(18,19)13-8-12(14(17)20-4)7-6-10(13)2/h6-8,11,15-16H,5,9H2,1-4H3/t11-/m1/s1. The summed E-state index contributed by atoms with van der Waals surface area (Å²) in [5.41, 5.74) is 0.787. The highest BCUT2D eigenvalue weighted by atomic mass is 32.2. The van der Waals surface area contributed by atoms with Crippen LogP contribution in [0.5, 0.6) is 0 Å². The number of nitrogens with one attached hydrogen (secondary N) is 2. The molecule has 1 atom stereocenters. The molecule has 0 radical (unpaired) electrons. The first-order chi connectivity index (χ1) is 9.81. The van der Waals surface area contributed by atoms with Gasteiger partial charge in [0.05, 0.1) is 17.6 Å². The van der Waals surface area contributed by atoms with Crippen LogP contribution in [0.3, 0.4) is 0 Å². The largest absolute Gasteiger partial charge is 0.465 e. The van der Waals surface area contributed by atoms with Gasteiger partial charge in [-0.05, 0) is 38.1 Å². The van der Waals surface area contributed by atoms with Gasteiger partial charge in [0.1, 0.15) is 0 Å². The zero-order valence-electron chi connectivity index (χ0n) is 12.8. The quantitative estimate of drug-likeness (QED) is 0.735. The van der Waals surface area contributed by atoms with Crippen LogP contribution in [0, 0.1) is 6.92 Å². The van der Waals surface area contributed by atoms with E-state index in [0.29, 0.717) is 5.56 Å². The number of likely N-dealkylation sites (N-methyl/N-ethyl adjacent to an activating group) is 1. The van der Waals surface area contributed by atoms with Gasteiger partial charge >= 0.3 is 5.97 Å². The Kier molecular flexibility index (Phi) is 6.32. The van der Waals surface area contributed by atoms with E-state index in [-0.39, 0.29) is 23.0 Å². The van der Waals surface area contributed by atoms with E-state index in [1.165, 1.54) is 13.2 Å². The zero-order valence-corrected chi connectivity index (χ0v) is 13.6. The Hall–Kier alpha value is -1.44. The second kappa shape index (κ2) is 7.53. The minimum atomic E-state index is -3.67. The number of benzene rings is 1. The first-order valence-electron chi connectivity index (χ1n) is 6.73. The van der Waals surface area contributed by atoms with E-state index >= 15 is 0 Å². The Labute approximate surface area is 125 Å². The number of rotatable bonds is 7. The molecule has 6 nitrogen and oxygen atoms in total. The minimum absolute atomic E-state index is 0.0221. The fourth-order valence-corrected chi connectivity index (χ4v) is 3.27. The lowest BCUT2D eigenvalue weighted by molar-refractivity contribution is 0.0600. The lowest BCUT2D eigenvalue weighted by Crippen LogP contribution is -2.39. The molecule has 0 aliphatic carbocycles. The number of sulfonamides is 1. The molecule has 118 valence electrons. The topological polar surface area (TPSA) is 84.5 Å². The van der Waals surface area contributed by atoms with E-state index in [4.69, 9.17) is 0 Å². The van der Waals surface area contributed by atoms with Crippen molar-refractivity contribution in [3.05, 3.63) is 29.3 Å². The van der Waals surface area contributed by atoms with E-state index in [1.54, 1.807) is 19.1 Å². The third-order valence-electron chi connectivity index (χ3n) is 3.03. The van der Waals surface area contributed by atoms with Gasteiger partial charge in [-0.2, -0.15) is 0 Å². The van der Waals surface area contributed by atoms with Crippen LogP contribution < -0.4 is 10.0 Å². The maximum Gasteiger partial charge on any atom is 0.337 e. The van der Waals surface area contributed by atoms with Crippen LogP contribution in [0.15, 0.2) is 23.1 Å². The van der Waals surface area contributed by atoms with Gasteiger partial charge < -0.3 is 10.1 Å². The van der Waals surface area contributed by atoms with E-state index in [2.05, 4.69) is 14.8 Å². The molecule has 0 saturated carbocycles. The van der Waals surface area contributed by atoms with Crippen molar-refractivity contribution < 1.29 is 17.9 Å². The molecule has 0 saturated heterocycles. The second-order valence-corrected chi connectivity index (χ2v) is 6.52. The van der Waals surface area contributed by atoms with Crippen LogP contribution in [-0.2, 0) is 14.8 Å². The maximum atomic E-state index is 12.3. The van der Waals surface area contributed by atoms with Gasteiger partial charge in [-0.15, -0.1) is 0 Å². The number of hydrogen-bond acceptors (Lipinski definition) is 5. The molecule has 21 heavy (non-hydrogen) atoms. The van der Waals surface area contributed by atoms with Crippen molar-refractivity contribution >= 4 is 16.0 Å². The summed E-state index contributed by atoms with van der Waals surface area (Å²) in [4.78, 5) is 11.6. The van der Waals surface area contributed by atoms with Crippen molar-refractivity contribution in [1.29, 1.82) is 0 Å². The number of hydrogen-bond donors (Lipinski definition) is 2. The van der Waals surface area contributed by atoms with Crippen LogP contribution in [0.25, 0.3) is 0 Å².